The van der Waals surface area contributed by atoms with E-state index in [1.54, 1.807) is 0 Å². The monoisotopic (exact) mass is 297 g/mol. The molecule has 0 aliphatic carbocycles. The number of aliphatic hydroxyl groups is 2. The van der Waals surface area contributed by atoms with Crippen LogP contribution in [0.3, 0.4) is 0 Å². The van der Waals surface area contributed by atoms with Crippen molar-refractivity contribution < 1.29 is 31.8 Å². The molecular weight excluding hydrogens is 287 g/mol. The van der Waals surface area contributed by atoms with Gasteiger partial charge in [0.15, 0.2) is 4.90 Å². The summed E-state index contributed by atoms with van der Waals surface area (Å²) >= 11 is 0. The molecule has 0 saturated carbocycles. The molecule has 1 fully saturated rings. The second-order valence-corrected chi connectivity index (χ2v) is 6.03. The molecule has 19 heavy (non-hydrogen) atoms. The van der Waals surface area contributed by atoms with E-state index in [0.717, 1.165) is 0 Å². The summed E-state index contributed by atoms with van der Waals surface area (Å²) in [5, 5.41) is 18.5. The second-order valence-electron chi connectivity index (χ2n) is 4.16. The van der Waals surface area contributed by atoms with Crippen molar-refractivity contribution in [1.82, 2.24) is 4.31 Å². The summed E-state index contributed by atoms with van der Waals surface area (Å²) < 4.78 is 64.1. The van der Waals surface area contributed by atoms with Crippen LogP contribution in [0.25, 0.3) is 0 Å². The minimum atomic E-state index is -4.59. The summed E-state index contributed by atoms with van der Waals surface area (Å²) in [7, 11) is -4.59. The summed E-state index contributed by atoms with van der Waals surface area (Å²) in [4.78, 5) is -1.30. The van der Waals surface area contributed by atoms with Crippen LogP contribution < -0.4 is 0 Å². The predicted octanol–water partition coefficient (Wildman–Crippen LogP) is -0.170. The summed E-state index contributed by atoms with van der Waals surface area (Å²) in [6.07, 6.45) is -2.66. The van der Waals surface area contributed by atoms with Crippen molar-refractivity contribution in [1.29, 1.82) is 0 Å². The van der Waals surface area contributed by atoms with Crippen LogP contribution in [0.15, 0.2) is 17.0 Å². The Balaban J connectivity index is 2.47. The average Bonchev–Trinajstić information content (AvgIpc) is 2.57. The maximum Gasteiger partial charge on any atom is 0.249 e. The fourth-order valence-corrected chi connectivity index (χ4v) is 3.40. The maximum atomic E-state index is 13.4. The number of aliphatic hydroxyl groups excluding tert-OH is 2. The van der Waals surface area contributed by atoms with Gasteiger partial charge in [-0.25, -0.2) is 21.6 Å². The molecule has 5 nitrogen and oxygen atoms in total. The first kappa shape index (κ1) is 14.3. The van der Waals surface area contributed by atoms with Crippen molar-refractivity contribution in [3.05, 3.63) is 29.6 Å². The third kappa shape index (κ3) is 2.46. The van der Waals surface area contributed by atoms with E-state index >= 15 is 0 Å². The predicted molar refractivity (Wildman–Crippen MR) is 57.1 cm³/mol. The standard InChI is InChI=1S/C10H10F3NO4S/c11-5-1-6(12)10(7(13)2-5)19(17,18)14-3-8(15)9(16)4-14/h1-2,8-9,15-16H,3-4H2. The highest BCUT2D eigenvalue weighted by Crippen LogP contribution is 2.26. The van der Waals surface area contributed by atoms with Crippen LogP contribution in [0, 0.1) is 17.5 Å². The molecule has 1 heterocycles. The van der Waals surface area contributed by atoms with Gasteiger partial charge in [-0.15, -0.1) is 0 Å². The Morgan fingerprint density at radius 3 is 1.89 bits per heavy atom. The van der Waals surface area contributed by atoms with E-state index in [2.05, 4.69) is 0 Å². The van der Waals surface area contributed by atoms with Gasteiger partial charge in [-0.3, -0.25) is 0 Å². The molecule has 0 radical (unpaired) electrons. The van der Waals surface area contributed by atoms with E-state index in [1.807, 2.05) is 0 Å². The van der Waals surface area contributed by atoms with Crippen LogP contribution in [-0.2, 0) is 10.0 Å². The van der Waals surface area contributed by atoms with Gasteiger partial charge in [0.2, 0.25) is 10.0 Å². The normalized spacial score (nSPS) is 24.9. The van der Waals surface area contributed by atoms with Crippen molar-refractivity contribution in [3.63, 3.8) is 0 Å². The number of β-amino-alcohol motifs (C(OH)–C–C–N with tert-alkyl or cyclic N) is 2. The Kier molecular flexibility index (Phi) is 3.56. The molecule has 0 bridgehead atoms. The number of rotatable bonds is 2. The van der Waals surface area contributed by atoms with Crippen LogP contribution in [-0.4, -0.2) is 48.2 Å². The molecule has 1 saturated heterocycles. The molecule has 0 spiro atoms. The van der Waals surface area contributed by atoms with Crippen molar-refractivity contribution in [2.24, 2.45) is 0 Å². The van der Waals surface area contributed by atoms with Crippen molar-refractivity contribution >= 4 is 10.0 Å². The number of hydrogen-bond donors (Lipinski definition) is 2. The Hall–Kier alpha value is -1.16. The maximum absolute atomic E-state index is 13.4. The third-order valence-corrected chi connectivity index (χ3v) is 4.67. The topological polar surface area (TPSA) is 77.8 Å². The quantitative estimate of drug-likeness (QED) is 0.794. The molecule has 9 heteroatoms. The summed E-state index contributed by atoms with van der Waals surface area (Å²) in [6.45, 7) is -0.973. The molecular formula is C10H10F3NO4S. The van der Waals surface area contributed by atoms with E-state index in [-0.39, 0.29) is 12.1 Å². The number of hydrogen-bond acceptors (Lipinski definition) is 4. The lowest BCUT2D eigenvalue weighted by molar-refractivity contribution is 0.0572. The zero-order valence-electron chi connectivity index (χ0n) is 9.42. The van der Waals surface area contributed by atoms with E-state index in [4.69, 9.17) is 0 Å². The molecule has 1 aliphatic rings. The first-order valence-electron chi connectivity index (χ1n) is 5.24. The third-order valence-electron chi connectivity index (χ3n) is 2.79. The Labute approximate surface area is 106 Å². The van der Waals surface area contributed by atoms with Crippen LogP contribution >= 0.6 is 0 Å². The number of halogens is 3. The highest BCUT2D eigenvalue weighted by atomic mass is 32.2. The molecule has 106 valence electrons. The van der Waals surface area contributed by atoms with Gasteiger partial charge in [-0.1, -0.05) is 0 Å². The van der Waals surface area contributed by atoms with Gasteiger partial charge in [-0.05, 0) is 0 Å². The number of nitrogens with zero attached hydrogens (tertiary/aromatic N) is 1. The lowest BCUT2D eigenvalue weighted by Gasteiger charge is -2.16. The van der Waals surface area contributed by atoms with Crippen LogP contribution in [0.4, 0.5) is 13.2 Å². The van der Waals surface area contributed by atoms with Gasteiger partial charge in [-0.2, -0.15) is 4.31 Å². The number of sulfonamides is 1. The van der Waals surface area contributed by atoms with Gasteiger partial charge in [0.25, 0.3) is 0 Å². The fraction of sp³-hybridized carbons (Fsp3) is 0.400. The molecule has 1 aromatic rings. The van der Waals surface area contributed by atoms with E-state index in [0.29, 0.717) is 4.31 Å². The lowest BCUT2D eigenvalue weighted by Crippen LogP contribution is -2.31. The van der Waals surface area contributed by atoms with Crippen LogP contribution in [0.2, 0.25) is 0 Å². The van der Waals surface area contributed by atoms with E-state index in [9.17, 15) is 31.8 Å². The molecule has 2 N–H and O–H groups in total. The molecule has 2 atom stereocenters. The summed E-state index contributed by atoms with van der Waals surface area (Å²) in [5.74, 6) is -4.36. The Morgan fingerprint density at radius 1 is 1.05 bits per heavy atom. The first-order valence-corrected chi connectivity index (χ1v) is 6.68. The molecule has 0 aromatic heterocycles. The SMILES string of the molecule is O=S(=O)(c1c(F)cc(F)cc1F)N1CC(O)C(O)C1. The molecule has 1 aliphatic heterocycles. The van der Waals surface area contributed by atoms with Crippen molar-refractivity contribution in [2.75, 3.05) is 13.1 Å². The van der Waals surface area contributed by atoms with Gasteiger partial charge >= 0.3 is 0 Å². The first-order chi connectivity index (χ1) is 8.73. The summed E-state index contributed by atoms with van der Waals surface area (Å²) in [6, 6.07) is 0.498. The molecule has 1 aromatic carbocycles. The number of benzene rings is 1. The Bertz CT molecular complexity index is 574. The highest BCUT2D eigenvalue weighted by molar-refractivity contribution is 7.89. The smallest absolute Gasteiger partial charge is 0.249 e. The zero-order chi connectivity index (χ0) is 14.4. The fourth-order valence-electron chi connectivity index (χ4n) is 1.84. The van der Waals surface area contributed by atoms with E-state index in [1.165, 1.54) is 0 Å². The second kappa shape index (κ2) is 4.75. The zero-order valence-corrected chi connectivity index (χ0v) is 10.2. The highest BCUT2D eigenvalue weighted by Gasteiger charge is 2.40. The minimum absolute atomic E-state index is 0.249. The minimum Gasteiger partial charge on any atom is -0.389 e. The Morgan fingerprint density at radius 2 is 1.47 bits per heavy atom. The van der Waals surface area contributed by atoms with Gasteiger partial charge < -0.3 is 10.2 Å². The van der Waals surface area contributed by atoms with Gasteiger partial charge in [0.05, 0.1) is 12.2 Å². The average molecular weight is 297 g/mol. The summed E-state index contributed by atoms with van der Waals surface area (Å²) in [5.41, 5.74) is 0. The molecule has 0 amide bonds. The largest absolute Gasteiger partial charge is 0.389 e. The van der Waals surface area contributed by atoms with Crippen LogP contribution in [0.1, 0.15) is 0 Å². The lowest BCUT2D eigenvalue weighted by atomic mass is 10.3. The van der Waals surface area contributed by atoms with Gasteiger partial charge in [0, 0.05) is 25.2 Å². The van der Waals surface area contributed by atoms with Crippen LogP contribution in [0.5, 0.6) is 0 Å². The van der Waals surface area contributed by atoms with Crippen molar-refractivity contribution in [3.8, 4) is 0 Å². The molecule has 2 rings (SSSR count). The van der Waals surface area contributed by atoms with Crippen molar-refractivity contribution in [2.45, 2.75) is 17.1 Å². The van der Waals surface area contributed by atoms with E-state index < -0.39 is 57.7 Å². The van der Waals surface area contributed by atoms with Gasteiger partial charge in [0.1, 0.15) is 17.5 Å². The molecule has 2 unspecified atom stereocenters.